The molecule has 10 heteroatoms. The predicted molar refractivity (Wildman–Crippen MR) is 123 cm³/mol. The molecule has 9 nitrogen and oxygen atoms in total. The minimum atomic E-state index is -4.67. The lowest BCUT2D eigenvalue weighted by molar-refractivity contribution is 0.354. The molecule has 4 rings (SSSR count). The molecule has 0 amide bonds. The second-order valence-electron chi connectivity index (χ2n) is 6.79. The topological polar surface area (TPSA) is 172 Å². The van der Waals surface area contributed by atoms with Crippen molar-refractivity contribution in [2.75, 3.05) is 13.2 Å². The molecule has 2 aliphatic heterocycles. The third-order valence-corrected chi connectivity index (χ3v) is 4.74. The van der Waals surface area contributed by atoms with Crippen molar-refractivity contribution in [1.82, 2.24) is 12.3 Å². The molecule has 32 heavy (non-hydrogen) atoms. The fourth-order valence-electron chi connectivity index (χ4n) is 3.60. The summed E-state index contributed by atoms with van der Waals surface area (Å²) in [5, 5.41) is 0. The highest BCUT2D eigenvalue weighted by Gasteiger charge is 2.24. The summed E-state index contributed by atoms with van der Waals surface area (Å²) in [5.74, 6) is 3.69. The van der Waals surface area contributed by atoms with Gasteiger partial charge >= 0.3 is 10.4 Å². The van der Waals surface area contributed by atoms with Crippen molar-refractivity contribution in [3.63, 3.8) is 0 Å². The van der Waals surface area contributed by atoms with E-state index in [1.54, 1.807) is 0 Å². The van der Waals surface area contributed by atoms with E-state index < -0.39 is 10.4 Å². The van der Waals surface area contributed by atoms with E-state index in [2.05, 4.69) is 25.3 Å². The van der Waals surface area contributed by atoms with Crippen LogP contribution in [0.25, 0.3) is 0 Å². The van der Waals surface area contributed by atoms with Crippen LogP contribution in [0, 0.1) is 0 Å². The van der Waals surface area contributed by atoms with E-state index in [-0.39, 0.29) is 12.3 Å². The number of benzene rings is 2. The Kier molecular flexibility index (Phi) is 9.88. The van der Waals surface area contributed by atoms with Crippen LogP contribution in [-0.4, -0.2) is 30.7 Å². The van der Waals surface area contributed by atoms with Crippen LogP contribution >= 0.6 is 0 Å². The van der Waals surface area contributed by atoms with Crippen molar-refractivity contribution in [3.8, 4) is 23.0 Å². The zero-order chi connectivity index (χ0) is 21.7. The Labute approximate surface area is 188 Å². The fraction of sp³-hybridized carbons (Fsp3) is 0.273. The van der Waals surface area contributed by atoms with Crippen molar-refractivity contribution in [1.29, 1.82) is 0 Å². The van der Waals surface area contributed by atoms with Crippen LogP contribution in [0.1, 0.15) is 22.3 Å². The predicted octanol–water partition coefficient (Wildman–Crippen LogP) is 4.48. The van der Waals surface area contributed by atoms with E-state index in [4.69, 9.17) is 31.7 Å². The summed E-state index contributed by atoms with van der Waals surface area (Å²) in [6.07, 6.45) is 7.18. The maximum absolute atomic E-state index is 8.74. The van der Waals surface area contributed by atoms with Crippen LogP contribution in [0.5, 0.6) is 23.0 Å². The van der Waals surface area contributed by atoms with Gasteiger partial charge in [0.1, 0.15) is 23.0 Å². The average molecular weight is 467 g/mol. The van der Waals surface area contributed by atoms with Crippen LogP contribution < -0.4 is 26.5 Å². The minimum absolute atomic E-state index is 0. The first-order valence-electron chi connectivity index (χ1n) is 9.46. The zero-order valence-corrected chi connectivity index (χ0v) is 18.7. The van der Waals surface area contributed by atoms with Gasteiger partial charge in [0.15, 0.2) is 0 Å². The Morgan fingerprint density at radius 2 is 1.22 bits per heavy atom. The number of hydrogen-bond acceptors (Lipinski definition) is 7. The molecule has 8 N–H and O–H groups in total. The van der Waals surface area contributed by atoms with Gasteiger partial charge in [-0.25, -0.2) is 0 Å². The molecule has 0 unspecified atom stereocenters. The first kappa shape index (κ1) is 27.1. The van der Waals surface area contributed by atoms with Gasteiger partial charge in [0, 0.05) is 24.0 Å². The Hall–Kier alpha value is -2.89. The van der Waals surface area contributed by atoms with Gasteiger partial charge in [-0.2, -0.15) is 8.42 Å². The second kappa shape index (κ2) is 11.7. The Morgan fingerprint density at radius 3 is 1.56 bits per heavy atom. The molecule has 0 spiro atoms. The van der Waals surface area contributed by atoms with E-state index in [1.807, 2.05) is 24.3 Å². The van der Waals surface area contributed by atoms with E-state index in [1.165, 1.54) is 11.1 Å². The monoisotopic (exact) mass is 466 g/mol. The van der Waals surface area contributed by atoms with Gasteiger partial charge in [-0.3, -0.25) is 9.11 Å². The zero-order valence-electron chi connectivity index (χ0n) is 17.9. The fourth-order valence-corrected chi connectivity index (χ4v) is 3.60. The van der Waals surface area contributed by atoms with Gasteiger partial charge in [0.05, 0.1) is 13.2 Å². The van der Waals surface area contributed by atoms with Crippen molar-refractivity contribution >= 4 is 10.4 Å². The third kappa shape index (κ3) is 6.55. The van der Waals surface area contributed by atoms with Gasteiger partial charge in [-0.05, 0) is 36.1 Å². The molecular weight excluding hydrogens is 436 g/mol. The molecule has 0 aromatic heterocycles. The number of rotatable bonds is 6. The van der Waals surface area contributed by atoms with Crippen molar-refractivity contribution in [3.05, 3.63) is 71.8 Å². The second-order valence-corrected chi connectivity index (χ2v) is 7.69. The van der Waals surface area contributed by atoms with Gasteiger partial charge in [-0.1, -0.05) is 24.3 Å². The van der Waals surface area contributed by atoms with Crippen LogP contribution in [0.15, 0.2) is 49.6 Å². The lowest BCUT2D eigenvalue weighted by Gasteiger charge is -2.15. The van der Waals surface area contributed by atoms with Crippen molar-refractivity contribution in [2.24, 2.45) is 0 Å². The van der Waals surface area contributed by atoms with Crippen molar-refractivity contribution < 1.29 is 31.7 Å². The van der Waals surface area contributed by atoms with Gasteiger partial charge in [0.25, 0.3) is 0 Å². The van der Waals surface area contributed by atoms with E-state index in [0.29, 0.717) is 13.2 Å². The first-order chi connectivity index (χ1) is 14.3. The van der Waals surface area contributed by atoms with Gasteiger partial charge < -0.3 is 26.5 Å². The molecule has 2 heterocycles. The molecule has 0 atom stereocenters. The van der Waals surface area contributed by atoms with E-state index in [9.17, 15) is 0 Å². The summed E-state index contributed by atoms with van der Waals surface area (Å²) in [7, 11) is -4.67. The van der Waals surface area contributed by atoms with Crippen LogP contribution in [0.2, 0.25) is 0 Å². The molecule has 2 aromatic rings. The molecule has 2 aliphatic rings. The molecule has 0 saturated heterocycles. The molecule has 0 saturated carbocycles. The normalized spacial score (nSPS) is 12.9. The lowest BCUT2D eigenvalue weighted by Crippen LogP contribution is -1.96. The third-order valence-electron chi connectivity index (χ3n) is 4.74. The summed E-state index contributed by atoms with van der Waals surface area (Å²) in [6.45, 7) is 9.07. The maximum Gasteiger partial charge on any atom is 0.394 e. The molecule has 0 fully saturated rings. The Morgan fingerprint density at radius 1 is 0.844 bits per heavy atom. The summed E-state index contributed by atoms with van der Waals surface area (Å²) in [4.78, 5) is 0. The Balaban J connectivity index is 0.000000664. The molecule has 2 aromatic carbocycles. The summed E-state index contributed by atoms with van der Waals surface area (Å²) < 4.78 is 49.6. The number of allylic oxidation sites excluding steroid dienone is 2. The van der Waals surface area contributed by atoms with E-state index in [0.717, 1.165) is 59.8 Å². The van der Waals surface area contributed by atoms with Crippen LogP contribution in [0.4, 0.5) is 0 Å². The molecule has 176 valence electrons. The molecule has 0 aliphatic carbocycles. The maximum atomic E-state index is 8.74. The molecular formula is C22H30N2O7S. The number of hydrogen-bond donors (Lipinski definition) is 4. The molecule has 0 bridgehead atoms. The van der Waals surface area contributed by atoms with Gasteiger partial charge in [-0.15, -0.1) is 13.2 Å². The minimum Gasteiger partial charge on any atom is -0.493 e. The SMILES string of the molecule is C=CCc1ccc(Oc2ccc(CC=C)c3c2CCO3)c2c1OCC2.N.N.O=S(=O)(O)O. The quantitative estimate of drug-likeness (QED) is 0.353. The Bertz CT molecular complexity index is 991. The van der Waals surface area contributed by atoms with Gasteiger partial charge in [0.2, 0.25) is 0 Å². The highest BCUT2D eigenvalue weighted by Crippen LogP contribution is 2.43. The van der Waals surface area contributed by atoms with Crippen LogP contribution in [0.3, 0.4) is 0 Å². The summed E-state index contributed by atoms with van der Waals surface area (Å²) in [6, 6.07) is 8.24. The average Bonchev–Trinajstić information content (AvgIpc) is 3.34. The number of ether oxygens (including phenoxy) is 3. The standard InChI is InChI=1S/C22H22O3.2H3N.H2O4S/c1-3-5-15-7-9-19(17-11-13-23-21(15)17)25-20-10-8-16(6-4-2)22-18(20)12-14-24-22;;;1-5(2,3)4/h3-4,7-10H,1-2,5-6,11-14H2;2*1H3;(H2,1,2,3,4). The van der Waals surface area contributed by atoms with Crippen molar-refractivity contribution in [2.45, 2.75) is 25.7 Å². The highest BCUT2D eigenvalue weighted by atomic mass is 32.3. The summed E-state index contributed by atoms with van der Waals surface area (Å²) >= 11 is 0. The largest absolute Gasteiger partial charge is 0.493 e. The summed E-state index contributed by atoms with van der Waals surface area (Å²) in [5.41, 5.74) is 4.65. The first-order valence-corrected chi connectivity index (χ1v) is 10.9. The molecule has 0 radical (unpaired) electrons. The highest BCUT2D eigenvalue weighted by molar-refractivity contribution is 7.79. The lowest BCUT2D eigenvalue weighted by atomic mass is 10.0. The van der Waals surface area contributed by atoms with Crippen LogP contribution in [-0.2, 0) is 36.1 Å². The number of fused-ring (bicyclic) bond motifs is 2. The van der Waals surface area contributed by atoms with E-state index >= 15 is 0 Å². The smallest absolute Gasteiger partial charge is 0.394 e.